The molecule has 0 aliphatic carbocycles. The van der Waals surface area contributed by atoms with E-state index < -0.39 is 18.2 Å². The molecule has 148 valence electrons. The molecule has 1 heterocycles. The van der Waals surface area contributed by atoms with Crippen molar-refractivity contribution in [2.75, 3.05) is 39.9 Å². The van der Waals surface area contributed by atoms with Crippen molar-refractivity contribution in [3.8, 4) is 0 Å². The standard InChI is InChI=1S/C19H26N2O6/c1-20(9-5-8-17(22)21-10-12-26-13-11-21)19(25)27-16(18(23)24)14-15-6-3-2-4-7-15/h2-4,6-7,16H,5,8-14H2,1H3,(H,23,24)/t16-/m0/s1. The fourth-order valence-corrected chi connectivity index (χ4v) is 2.75. The number of rotatable bonds is 8. The molecule has 1 N–H and O–H groups in total. The zero-order valence-corrected chi connectivity index (χ0v) is 15.5. The van der Waals surface area contributed by atoms with E-state index in [1.165, 1.54) is 11.9 Å². The first-order valence-corrected chi connectivity index (χ1v) is 9.01. The number of benzene rings is 1. The van der Waals surface area contributed by atoms with Gasteiger partial charge in [-0.15, -0.1) is 0 Å². The van der Waals surface area contributed by atoms with Gasteiger partial charge >= 0.3 is 12.1 Å². The SMILES string of the molecule is CN(CCCC(=O)N1CCOCC1)C(=O)O[C@@H](Cc1ccccc1)C(=O)O. The number of hydrogen-bond acceptors (Lipinski definition) is 5. The first-order valence-electron chi connectivity index (χ1n) is 9.01. The van der Waals surface area contributed by atoms with E-state index in [-0.39, 0.29) is 12.3 Å². The van der Waals surface area contributed by atoms with E-state index in [1.807, 2.05) is 6.07 Å². The van der Waals surface area contributed by atoms with Crippen molar-refractivity contribution in [2.45, 2.75) is 25.4 Å². The summed E-state index contributed by atoms with van der Waals surface area (Å²) < 4.78 is 10.3. The summed E-state index contributed by atoms with van der Waals surface area (Å²) in [4.78, 5) is 38.7. The molecule has 2 rings (SSSR count). The second-order valence-corrected chi connectivity index (χ2v) is 6.42. The van der Waals surface area contributed by atoms with Gasteiger partial charge in [0.15, 0.2) is 0 Å². The Balaban J connectivity index is 1.75. The van der Waals surface area contributed by atoms with E-state index in [1.54, 1.807) is 29.2 Å². The first kappa shape index (κ1) is 20.7. The highest BCUT2D eigenvalue weighted by Gasteiger charge is 2.25. The third kappa shape index (κ3) is 6.90. The van der Waals surface area contributed by atoms with Gasteiger partial charge in [-0.3, -0.25) is 4.79 Å². The van der Waals surface area contributed by atoms with Crippen molar-refractivity contribution >= 4 is 18.0 Å². The molecule has 0 radical (unpaired) electrons. The van der Waals surface area contributed by atoms with Crippen LogP contribution in [0.4, 0.5) is 4.79 Å². The van der Waals surface area contributed by atoms with Gasteiger partial charge in [-0.2, -0.15) is 0 Å². The van der Waals surface area contributed by atoms with E-state index in [4.69, 9.17) is 9.47 Å². The molecule has 8 nitrogen and oxygen atoms in total. The highest BCUT2D eigenvalue weighted by molar-refractivity contribution is 5.78. The number of carbonyl (C=O) groups excluding carboxylic acids is 2. The summed E-state index contributed by atoms with van der Waals surface area (Å²) in [6.45, 7) is 2.60. The van der Waals surface area contributed by atoms with Gasteiger partial charge in [0.2, 0.25) is 12.0 Å². The van der Waals surface area contributed by atoms with E-state index in [0.717, 1.165) is 5.56 Å². The van der Waals surface area contributed by atoms with Crippen LogP contribution < -0.4 is 0 Å². The van der Waals surface area contributed by atoms with E-state index in [9.17, 15) is 19.5 Å². The molecule has 1 aliphatic heterocycles. The second-order valence-electron chi connectivity index (χ2n) is 6.42. The smallest absolute Gasteiger partial charge is 0.410 e. The molecule has 0 bridgehead atoms. The van der Waals surface area contributed by atoms with Crippen molar-refractivity contribution in [3.63, 3.8) is 0 Å². The number of nitrogens with zero attached hydrogens (tertiary/aromatic N) is 2. The molecule has 8 heteroatoms. The van der Waals surface area contributed by atoms with Gasteiger partial charge in [0, 0.05) is 39.5 Å². The minimum absolute atomic E-state index is 0.0348. The summed E-state index contributed by atoms with van der Waals surface area (Å²) >= 11 is 0. The normalized spacial score (nSPS) is 15.1. The van der Waals surface area contributed by atoms with Crippen LogP contribution in [0.25, 0.3) is 0 Å². The minimum Gasteiger partial charge on any atom is -0.478 e. The summed E-state index contributed by atoms with van der Waals surface area (Å²) in [5, 5.41) is 9.30. The lowest BCUT2D eigenvalue weighted by Crippen LogP contribution is -2.41. The summed E-state index contributed by atoms with van der Waals surface area (Å²) in [6, 6.07) is 8.99. The van der Waals surface area contributed by atoms with Gasteiger partial charge in [-0.1, -0.05) is 30.3 Å². The summed E-state index contributed by atoms with van der Waals surface area (Å²) in [5.41, 5.74) is 0.775. The van der Waals surface area contributed by atoms with Crippen LogP contribution in [0.3, 0.4) is 0 Å². The average molecular weight is 378 g/mol. The van der Waals surface area contributed by atoms with Crippen molar-refractivity contribution in [2.24, 2.45) is 0 Å². The van der Waals surface area contributed by atoms with Crippen molar-refractivity contribution in [1.29, 1.82) is 0 Å². The Morgan fingerprint density at radius 3 is 2.52 bits per heavy atom. The molecule has 1 saturated heterocycles. The van der Waals surface area contributed by atoms with Crippen LogP contribution in [0.5, 0.6) is 0 Å². The van der Waals surface area contributed by atoms with Crippen LogP contribution >= 0.6 is 0 Å². The maximum atomic E-state index is 12.2. The van der Waals surface area contributed by atoms with Crippen LogP contribution in [0.1, 0.15) is 18.4 Å². The Morgan fingerprint density at radius 2 is 1.89 bits per heavy atom. The van der Waals surface area contributed by atoms with E-state index >= 15 is 0 Å². The molecule has 1 fully saturated rings. The van der Waals surface area contributed by atoms with Crippen molar-refractivity contribution < 1.29 is 29.0 Å². The highest BCUT2D eigenvalue weighted by Crippen LogP contribution is 2.09. The molecular formula is C19H26N2O6. The average Bonchev–Trinajstić information content (AvgIpc) is 2.68. The molecule has 0 aromatic heterocycles. The molecule has 1 aliphatic rings. The summed E-state index contributed by atoms with van der Waals surface area (Å²) in [6.07, 6.45) is -1.05. The number of carboxylic acid groups (broad SMARTS) is 1. The van der Waals surface area contributed by atoms with Crippen molar-refractivity contribution in [3.05, 3.63) is 35.9 Å². The van der Waals surface area contributed by atoms with Crippen LogP contribution in [-0.2, 0) is 25.5 Å². The number of hydrogen-bond donors (Lipinski definition) is 1. The number of amides is 2. The maximum absolute atomic E-state index is 12.2. The predicted octanol–water partition coefficient (Wildman–Crippen LogP) is 1.39. The van der Waals surface area contributed by atoms with E-state index in [2.05, 4.69) is 0 Å². The highest BCUT2D eigenvalue weighted by atomic mass is 16.6. The summed E-state index contributed by atoms with van der Waals surface area (Å²) in [5.74, 6) is -1.16. The monoisotopic (exact) mass is 378 g/mol. The third-order valence-corrected chi connectivity index (χ3v) is 4.34. The lowest BCUT2D eigenvalue weighted by molar-refractivity contribution is -0.147. The molecule has 0 unspecified atom stereocenters. The summed E-state index contributed by atoms with van der Waals surface area (Å²) in [7, 11) is 1.53. The van der Waals surface area contributed by atoms with Gasteiger partial charge in [-0.25, -0.2) is 9.59 Å². The zero-order chi connectivity index (χ0) is 19.6. The second kappa shape index (κ2) is 10.5. The van der Waals surface area contributed by atoms with Crippen LogP contribution in [0, 0.1) is 0 Å². The van der Waals surface area contributed by atoms with Gasteiger partial charge in [0.25, 0.3) is 0 Å². The molecule has 27 heavy (non-hydrogen) atoms. The number of aliphatic carboxylic acids is 1. The molecule has 1 aromatic carbocycles. The van der Waals surface area contributed by atoms with Gasteiger partial charge < -0.3 is 24.4 Å². The number of carbonyl (C=O) groups is 3. The lowest BCUT2D eigenvalue weighted by atomic mass is 10.1. The predicted molar refractivity (Wildman–Crippen MR) is 97.3 cm³/mol. The quantitative estimate of drug-likeness (QED) is 0.734. The largest absolute Gasteiger partial charge is 0.478 e. The minimum atomic E-state index is -1.25. The van der Waals surface area contributed by atoms with Gasteiger partial charge in [0.1, 0.15) is 0 Å². The maximum Gasteiger partial charge on any atom is 0.410 e. The number of ether oxygens (including phenoxy) is 2. The Kier molecular flexibility index (Phi) is 8.06. The third-order valence-electron chi connectivity index (χ3n) is 4.34. The molecule has 1 atom stereocenters. The van der Waals surface area contributed by atoms with Gasteiger partial charge in [-0.05, 0) is 12.0 Å². The van der Waals surface area contributed by atoms with Crippen LogP contribution in [-0.4, -0.2) is 78.9 Å². The molecular weight excluding hydrogens is 352 g/mol. The molecule has 0 spiro atoms. The zero-order valence-electron chi connectivity index (χ0n) is 15.5. The fraction of sp³-hybridized carbons (Fsp3) is 0.526. The number of morpholine rings is 1. The molecule has 1 aromatic rings. The Morgan fingerprint density at radius 1 is 1.22 bits per heavy atom. The number of carboxylic acids is 1. The lowest BCUT2D eigenvalue weighted by Gasteiger charge is -2.27. The van der Waals surface area contributed by atoms with Crippen LogP contribution in [0.2, 0.25) is 0 Å². The first-order chi connectivity index (χ1) is 13.0. The molecule has 2 amide bonds. The van der Waals surface area contributed by atoms with Crippen LogP contribution in [0.15, 0.2) is 30.3 Å². The van der Waals surface area contributed by atoms with E-state index in [0.29, 0.717) is 45.7 Å². The fourth-order valence-electron chi connectivity index (χ4n) is 2.75. The van der Waals surface area contributed by atoms with Crippen molar-refractivity contribution in [1.82, 2.24) is 9.80 Å². The van der Waals surface area contributed by atoms with Gasteiger partial charge in [0.05, 0.1) is 13.2 Å². The Labute approximate surface area is 158 Å². The Hall–Kier alpha value is -2.61. The molecule has 0 saturated carbocycles. The Bertz CT molecular complexity index is 630. The topological polar surface area (TPSA) is 96.4 Å².